The molecule has 4 aliphatic rings. The van der Waals surface area contributed by atoms with Gasteiger partial charge in [0.15, 0.2) is 0 Å². The molecule has 0 aliphatic carbocycles. The maximum absolute atomic E-state index is 13.5. The lowest BCUT2D eigenvalue weighted by Gasteiger charge is -2.29. The highest BCUT2D eigenvalue weighted by atomic mass is 35.5. The molecular weight excluding hydrogens is 958 g/mol. The van der Waals surface area contributed by atoms with Crippen LogP contribution < -0.4 is 9.80 Å². The van der Waals surface area contributed by atoms with E-state index >= 15 is 0 Å². The summed E-state index contributed by atoms with van der Waals surface area (Å²) < 4.78 is 11.2. The van der Waals surface area contributed by atoms with Crippen LogP contribution >= 0.6 is 58.2 Å². The number of halogens is 4. The zero-order chi connectivity index (χ0) is 47.2. The van der Waals surface area contributed by atoms with Crippen molar-refractivity contribution in [3.8, 4) is 22.3 Å². The summed E-state index contributed by atoms with van der Waals surface area (Å²) in [5.74, 6) is -3.17. The van der Waals surface area contributed by atoms with E-state index in [0.717, 1.165) is 48.7 Å². The van der Waals surface area contributed by atoms with Crippen molar-refractivity contribution in [2.75, 3.05) is 88.6 Å². The molecule has 0 unspecified atom stereocenters. The summed E-state index contributed by atoms with van der Waals surface area (Å²) in [5, 5.41) is 19.9. The number of amides is 2. The topological polar surface area (TPSA) is 140 Å². The van der Waals surface area contributed by atoms with Crippen LogP contribution in [0, 0.1) is 11.8 Å². The number of carboxylic acid groups (broad SMARTS) is 2. The quantitative estimate of drug-likeness (QED) is 0.131. The molecular formula is C50H50Cl4N4O8S. The average molecular weight is 1010 g/mol. The number of nitrogens with zero attached hydrogens (tertiary/aromatic N) is 4. The predicted octanol–water partition coefficient (Wildman–Crippen LogP) is 10.1. The number of hydrogen-bond donors (Lipinski definition) is 2. The number of benzene rings is 4. The zero-order valence-electron chi connectivity index (χ0n) is 36.6. The molecule has 4 fully saturated rings. The van der Waals surface area contributed by atoms with Crippen molar-refractivity contribution in [2.45, 2.75) is 35.5 Å². The summed E-state index contributed by atoms with van der Waals surface area (Å²) in [6.07, 6.45) is 7.79. The van der Waals surface area contributed by atoms with Gasteiger partial charge in [-0.3, -0.25) is 19.2 Å². The minimum atomic E-state index is -0.851. The molecule has 0 spiro atoms. The van der Waals surface area contributed by atoms with Gasteiger partial charge in [0.2, 0.25) is 11.8 Å². The maximum atomic E-state index is 13.5. The molecule has 0 aromatic heterocycles. The van der Waals surface area contributed by atoms with Gasteiger partial charge in [0.1, 0.15) is 0 Å². The van der Waals surface area contributed by atoms with Crippen molar-refractivity contribution in [1.29, 1.82) is 0 Å². The van der Waals surface area contributed by atoms with Gasteiger partial charge in [-0.1, -0.05) is 82.4 Å². The van der Waals surface area contributed by atoms with E-state index in [0.29, 0.717) is 110 Å². The number of rotatable bonds is 12. The highest BCUT2D eigenvalue weighted by Gasteiger charge is 2.29. The van der Waals surface area contributed by atoms with Crippen LogP contribution in [0.1, 0.15) is 36.8 Å². The van der Waals surface area contributed by atoms with Gasteiger partial charge in [-0.25, -0.2) is 0 Å². The lowest BCUT2D eigenvalue weighted by Crippen LogP contribution is -2.39. The number of carbonyl (C=O) groups is 4. The number of ether oxygens (including phenoxy) is 2. The molecule has 0 radical (unpaired) electrons. The number of carbonyl (C=O) groups excluding carboxylic acids is 2. The number of carboxylic acids is 2. The number of piperidine rings is 2. The van der Waals surface area contributed by atoms with Gasteiger partial charge in [0.25, 0.3) is 0 Å². The van der Waals surface area contributed by atoms with Crippen LogP contribution in [-0.2, 0) is 28.7 Å². The summed E-state index contributed by atoms with van der Waals surface area (Å²) in [4.78, 5) is 59.1. The summed E-state index contributed by atoms with van der Waals surface area (Å²) in [6.45, 7) is 6.69. The van der Waals surface area contributed by atoms with Gasteiger partial charge in [-0.05, 0) is 96.5 Å². The second kappa shape index (κ2) is 22.1. The van der Waals surface area contributed by atoms with Gasteiger partial charge in [-0.2, -0.15) is 0 Å². The highest BCUT2D eigenvalue weighted by Crippen LogP contribution is 2.49. The molecule has 4 aromatic rings. The van der Waals surface area contributed by atoms with Crippen LogP contribution in [0.2, 0.25) is 20.1 Å². The van der Waals surface area contributed by atoms with E-state index in [1.807, 2.05) is 48.5 Å². The molecule has 4 aliphatic heterocycles. The van der Waals surface area contributed by atoms with E-state index in [9.17, 15) is 29.4 Å². The van der Waals surface area contributed by atoms with Crippen LogP contribution in [0.4, 0.5) is 11.4 Å². The largest absolute Gasteiger partial charge is 0.481 e. The fraction of sp³-hybridized carbons (Fsp3) is 0.360. The Kier molecular flexibility index (Phi) is 16.1. The first-order chi connectivity index (χ1) is 32.4. The Morgan fingerprint density at radius 1 is 0.537 bits per heavy atom. The van der Waals surface area contributed by atoms with Gasteiger partial charge >= 0.3 is 11.9 Å². The summed E-state index contributed by atoms with van der Waals surface area (Å²) in [7, 11) is 0. The van der Waals surface area contributed by atoms with E-state index in [1.165, 1.54) is 23.9 Å². The molecule has 17 heteroatoms. The third-order valence-corrected chi connectivity index (χ3v) is 15.9. The predicted molar refractivity (Wildman–Crippen MR) is 266 cm³/mol. The van der Waals surface area contributed by atoms with Gasteiger partial charge in [0, 0.05) is 96.8 Å². The molecule has 2 amide bonds. The van der Waals surface area contributed by atoms with Crippen molar-refractivity contribution >= 4 is 105 Å². The zero-order valence-corrected chi connectivity index (χ0v) is 40.4. The lowest BCUT2D eigenvalue weighted by molar-refractivity contribution is -0.145. The number of aliphatic carboxylic acids is 2. The Balaban J connectivity index is 1.18. The second-order valence-electron chi connectivity index (χ2n) is 16.9. The van der Waals surface area contributed by atoms with Crippen LogP contribution in [0.5, 0.6) is 0 Å². The molecule has 12 nitrogen and oxygen atoms in total. The minimum absolute atomic E-state index is 0.221. The molecule has 0 saturated carbocycles. The first-order valence-electron chi connectivity index (χ1n) is 22.3. The third-order valence-electron chi connectivity index (χ3n) is 12.8. The van der Waals surface area contributed by atoms with Crippen LogP contribution in [0.15, 0.2) is 82.6 Å². The Morgan fingerprint density at radius 3 is 1.27 bits per heavy atom. The second-order valence-corrected chi connectivity index (χ2v) is 19.5. The molecule has 0 atom stereocenters. The monoisotopic (exact) mass is 1010 g/mol. The van der Waals surface area contributed by atoms with Gasteiger partial charge in [0.05, 0.1) is 58.4 Å². The van der Waals surface area contributed by atoms with Crippen molar-refractivity contribution < 1.29 is 38.9 Å². The smallest absolute Gasteiger partial charge is 0.306 e. The first-order valence-corrected chi connectivity index (χ1v) is 24.7. The Bertz CT molecular complexity index is 2410. The fourth-order valence-electron chi connectivity index (χ4n) is 8.90. The van der Waals surface area contributed by atoms with Crippen LogP contribution in [0.3, 0.4) is 0 Å². The molecule has 8 rings (SSSR count). The molecule has 2 N–H and O–H groups in total. The van der Waals surface area contributed by atoms with E-state index in [4.69, 9.17) is 55.9 Å². The van der Waals surface area contributed by atoms with E-state index in [-0.39, 0.29) is 31.9 Å². The van der Waals surface area contributed by atoms with Crippen molar-refractivity contribution in [3.63, 3.8) is 0 Å². The third kappa shape index (κ3) is 11.4. The molecule has 67 heavy (non-hydrogen) atoms. The van der Waals surface area contributed by atoms with Crippen molar-refractivity contribution in [3.05, 3.63) is 104 Å². The van der Waals surface area contributed by atoms with Crippen LogP contribution in [-0.4, -0.2) is 123 Å². The van der Waals surface area contributed by atoms with Crippen molar-refractivity contribution in [2.24, 2.45) is 11.8 Å². The van der Waals surface area contributed by atoms with E-state index in [2.05, 4.69) is 21.9 Å². The Hall–Kier alpha value is -4.73. The number of likely N-dealkylation sites (tertiary alicyclic amines) is 2. The minimum Gasteiger partial charge on any atom is -0.481 e. The first kappa shape index (κ1) is 48.7. The van der Waals surface area contributed by atoms with Crippen LogP contribution in [0.25, 0.3) is 34.4 Å². The highest BCUT2D eigenvalue weighted by molar-refractivity contribution is 7.99. The maximum Gasteiger partial charge on any atom is 0.306 e. The SMILES string of the molecule is O=C(O)C1CCN(C(=O)C=Cc2c(-c3cccc(N4CCOCC4)c3)cc(Sc3cc(-c4cccc(N5CCOCC5)c4)c(C=CC(=O)N4CCC(C(=O)O)CC4)c(Cl)c3Cl)c(Cl)c2Cl)CC1. The van der Waals surface area contributed by atoms with E-state index in [1.54, 1.807) is 22.0 Å². The number of anilines is 2. The average Bonchev–Trinajstić information content (AvgIpc) is 3.36. The number of morpholine rings is 2. The summed E-state index contributed by atoms with van der Waals surface area (Å²) in [5.41, 5.74) is 6.16. The summed E-state index contributed by atoms with van der Waals surface area (Å²) in [6, 6.07) is 20.0. The van der Waals surface area contributed by atoms with Gasteiger partial charge < -0.3 is 39.3 Å². The molecule has 4 saturated heterocycles. The lowest BCUT2D eigenvalue weighted by atomic mass is 9.96. The van der Waals surface area contributed by atoms with Gasteiger partial charge in [-0.15, -0.1) is 0 Å². The van der Waals surface area contributed by atoms with Crippen molar-refractivity contribution in [1.82, 2.24) is 9.80 Å². The Labute approximate surface area is 414 Å². The molecule has 4 heterocycles. The normalized spacial score (nSPS) is 17.7. The molecule has 0 bridgehead atoms. The van der Waals surface area contributed by atoms with E-state index < -0.39 is 23.8 Å². The number of hydrogen-bond acceptors (Lipinski definition) is 9. The molecule has 352 valence electrons. The Morgan fingerprint density at radius 2 is 0.910 bits per heavy atom. The fourth-order valence-corrected chi connectivity index (χ4v) is 11.1. The molecule has 4 aromatic carbocycles. The standard InChI is InChI=1S/C50H50Cl4N4O8S/c51-45-37(7-9-43(59)57-15-11-31(12-16-57)49(61)62)39(33-3-1-5-35(27-33)55-19-23-65-24-20-55)29-41(47(45)53)67-42-30-40(34-4-2-6-36(28-34)56-21-25-66-26-22-56)38(46(52)48(42)54)8-10-44(60)58-17-13-32(14-18-58)50(63)64/h1-10,27-32H,11-26H2,(H,61,62)(H,63,64). The summed E-state index contributed by atoms with van der Waals surface area (Å²) >= 11 is 30.2.